The van der Waals surface area contributed by atoms with Crippen molar-refractivity contribution in [1.29, 1.82) is 0 Å². The molecule has 0 spiro atoms. The van der Waals surface area contributed by atoms with Crippen LogP contribution in [0.25, 0.3) is 0 Å². The largest absolute Gasteiger partial charge is 0.393 e. The molecular weight excluding hydrogens is 198 g/mol. The Balaban J connectivity index is 2.16. The van der Waals surface area contributed by atoms with Crippen LogP contribution in [0.15, 0.2) is 0 Å². The Bertz CT molecular complexity index is 193. The van der Waals surface area contributed by atoms with Crippen molar-refractivity contribution in [2.45, 2.75) is 59.5 Å². The number of nitrogens with one attached hydrogen (secondary N) is 1. The van der Waals surface area contributed by atoms with Crippen molar-refractivity contribution < 1.29 is 5.11 Å². The summed E-state index contributed by atoms with van der Waals surface area (Å²) in [6, 6.07) is 0. The number of hydrogen-bond donors (Lipinski definition) is 2. The fraction of sp³-hybridized carbons (Fsp3) is 1.00. The fourth-order valence-corrected chi connectivity index (χ4v) is 2.15. The first kappa shape index (κ1) is 14.0. The van der Waals surface area contributed by atoms with Gasteiger partial charge in [0.25, 0.3) is 0 Å². The molecule has 0 bridgehead atoms. The van der Waals surface area contributed by atoms with Gasteiger partial charge in [-0.3, -0.25) is 0 Å². The quantitative estimate of drug-likeness (QED) is 0.757. The maximum Gasteiger partial charge on any atom is 0.0540 e. The molecule has 0 aromatic heterocycles. The monoisotopic (exact) mass is 227 g/mol. The summed E-state index contributed by atoms with van der Waals surface area (Å²) in [7, 11) is 0. The van der Waals surface area contributed by atoms with Gasteiger partial charge in [0.2, 0.25) is 0 Å². The number of aliphatic hydroxyl groups is 1. The van der Waals surface area contributed by atoms with Crippen molar-refractivity contribution in [3.8, 4) is 0 Å². The molecule has 1 aliphatic carbocycles. The third kappa shape index (κ3) is 4.42. The van der Waals surface area contributed by atoms with Crippen LogP contribution in [0.2, 0.25) is 0 Å². The molecule has 0 aromatic carbocycles. The molecule has 96 valence electrons. The molecule has 0 aromatic rings. The maximum absolute atomic E-state index is 9.43. The second-order valence-electron chi connectivity index (χ2n) is 6.45. The van der Waals surface area contributed by atoms with E-state index in [0.29, 0.717) is 11.3 Å². The van der Waals surface area contributed by atoms with Gasteiger partial charge in [-0.15, -0.1) is 0 Å². The lowest BCUT2D eigenvalue weighted by atomic mass is 9.81. The van der Waals surface area contributed by atoms with E-state index in [2.05, 4.69) is 33.0 Å². The van der Waals surface area contributed by atoms with Crippen LogP contribution in [0, 0.1) is 17.3 Å². The van der Waals surface area contributed by atoms with Crippen LogP contribution in [0.1, 0.15) is 53.4 Å². The molecule has 0 radical (unpaired) electrons. The van der Waals surface area contributed by atoms with Gasteiger partial charge in [0.15, 0.2) is 0 Å². The average molecular weight is 227 g/mol. The van der Waals surface area contributed by atoms with Gasteiger partial charge in [0.05, 0.1) is 6.10 Å². The number of hydrogen-bond acceptors (Lipinski definition) is 2. The summed E-state index contributed by atoms with van der Waals surface area (Å²) in [6.45, 7) is 11.5. The number of rotatable bonds is 5. The first-order valence-electron chi connectivity index (χ1n) is 6.80. The molecule has 0 atom stereocenters. The second-order valence-corrected chi connectivity index (χ2v) is 6.45. The van der Waals surface area contributed by atoms with Crippen molar-refractivity contribution in [1.82, 2.24) is 5.32 Å². The molecule has 1 saturated carbocycles. The SMILES string of the molecule is CC(C)C(C)(C)CNCC1CCC(O)CC1. The van der Waals surface area contributed by atoms with Crippen molar-refractivity contribution in [3.05, 3.63) is 0 Å². The van der Waals surface area contributed by atoms with E-state index in [4.69, 9.17) is 0 Å². The lowest BCUT2D eigenvalue weighted by Gasteiger charge is -2.31. The third-order valence-corrected chi connectivity index (χ3v) is 4.39. The minimum atomic E-state index is -0.0247. The van der Waals surface area contributed by atoms with Gasteiger partial charge >= 0.3 is 0 Å². The Morgan fingerprint density at radius 2 is 1.75 bits per heavy atom. The van der Waals surface area contributed by atoms with E-state index >= 15 is 0 Å². The molecule has 1 aliphatic rings. The Morgan fingerprint density at radius 1 is 1.19 bits per heavy atom. The Kier molecular flexibility index (Phi) is 5.26. The molecule has 0 amide bonds. The minimum absolute atomic E-state index is 0.0247. The Hall–Kier alpha value is -0.0800. The smallest absolute Gasteiger partial charge is 0.0540 e. The lowest BCUT2D eigenvalue weighted by Crippen LogP contribution is -2.37. The van der Waals surface area contributed by atoms with Crippen LogP contribution < -0.4 is 5.32 Å². The van der Waals surface area contributed by atoms with E-state index in [-0.39, 0.29) is 6.10 Å². The summed E-state index contributed by atoms with van der Waals surface area (Å²) in [5, 5.41) is 13.0. The van der Waals surface area contributed by atoms with Crippen molar-refractivity contribution in [3.63, 3.8) is 0 Å². The lowest BCUT2D eigenvalue weighted by molar-refractivity contribution is 0.107. The molecule has 2 N–H and O–H groups in total. The summed E-state index contributed by atoms with van der Waals surface area (Å²) in [5.74, 6) is 1.50. The summed E-state index contributed by atoms with van der Waals surface area (Å²) < 4.78 is 0. The van der Waals surface area contributed by atoms with Gasteiger partial charge in [-0.2, -0.15) is 0 Å². The zero-order valence-corrected chi connectivity index (χ0v) is 11.4. The first-order chi connectivity index (χ1) is 7.42. The van der Waals surface area contributed by atoms with Crippen LogP contribution >= 0.6 is 0 Å². The fourth-order valence-electron chi connectivity index (χ4n) is 2.15. The van der Waals surface area contributed by atoms with Gasteiger partial charge in [-0.05, 0) is 49.5 Å². The Labute approximate surface area is 101 Å². The molecule has 1 rings (SSSR count). The third-order valence-electron chi connectivity index (χ3n) is 4.39. The number of aliphatic hydroxyl groups excluding tert-OH is 1. The summed E-state index contributed by atoms with van der Waals surface area (Å²) in [6.07, 6.45) is 4.36. The molecule has 0 aliphatic heterocycles. The Morgan fingerprint density at radius 3 is 2.25 bits per heavy atom. The minimum Gasteiger partial charge on any atom is -0.393 e. The van der Waals surface area contributed by atoms with Crippen molar-refractivity contribution in [2.24, 2.45) is 17.3 Å². The van der Waals surface area contributed by atoms with Crippen molar-refractivity contribution in [2.75, 3.05) is 13.1 Å². The summed E-state index contributed by atoms with van der Waals surface area (Å²) in [5.41, 5.74) is 0.383. The molecular formula is C14H29NO. The van der Waals surface area contributed by atoms with Gasteiger partial charge in [0.1, 0.15) is 0 Å². The molecule has 0 heterocycles. The van der Waals surface area contributed by atoms with E-state index < -0.39 is 0 Å². The zero-order valence-electron chi connectivity index (χ0n) is 11.4. The molecule has 0 saturated heterocycles. The van der Waals surface area contributed by atoms with E-state index in [9.17, 15) is 5.11 Å². The topological polar surface area (TPSA) is 32.3 Å². The standard InChI is InChI=1S/C14H29NO/c1-11(2)14(3,4)10-15-9-12-5-7-13(16)8-6-12/h11-13,15-16H,5-10H2,1-4H3. The maximum atomic E-state index is 9.43. The summed E-state index contributed by atoms with van der Waals surface area (Å²) in [4.78, 5) is 0. The van der Waals surface area contributed by atoms with E-state index in [1.807, 2.05) is 0 Å². The molecule has 0 unspecified atom stereocenters. The van der Waals surface area contributed by atoms with E-state index in [1.54, 1.807) is 0 Å². The van der Waals surface area contributed by atoms with E-state index in [1.165, 1.54) is 12.8 Å². The van der Waals surface area contributed by atoms with Gasteiger partial charge in [-0.25, -0.2) is 0 Å². The van der Waals surface area contributed by atoms with Crippen molar-refractivity contribution >= 4 is 0 Å². The first-order valence-corrected chi connectivity index (χ1v) is 6.80. The molecule has 1 fully saturated rings. The van der Waals surface area contributed by atoms with Crippen LogP contribution in [-0.4, -0.2) is 24.3 Å². The molecule has 2 nitrogen and oxygen atoms in total. The average Bonchev–Trinajstić information content (AvgIpc) is 2.20. The highest BCUT2D eigenvalue weighted by Gasteiger charge is 2.23. The van der Waals surface area contributed by atoms with Gasteiger partial charge in [-0.1, -0.05) is 27.7 Å². The van der Waals surface area contributed by atoms with Crippen LogP contribution in [-0.2, 0) is 0 Å². The zero-order chi connectivity index (χ0) is 12.2. The van der Waals surface area contributed by atoms with E-state index in [0.717, 1.165) is 31.8 Å². The van der Waals surface area contributed by atoms with Gasteiger partial charge in [0, 0.05) is 6.54 Å². The van der Waals surface area contributed by atoms with Crippen LogP contribution in [0.4, 0.5) is 0 Å². The van der Waals surface area contributed by atoms with Gasteiger partial charge < -0.3 is 10.4 Å². The highest BCUT2D eigenvalue weighted by Crippen LogP contribution is 2.26. The predicted molar refractivity (Wildman–Crippen MR) is 69.5 cm³/mol. The van der Waals surface area contributed by atoms with Crippen LogP contribution in [0.5, 0.6) is 0 Å². The second kappa shape index (κ2) is 6.02. The predicted octanol–water partition coefficient (Wildman–Crippen LogP) is 2.81. The van der Waals surface area contributed by atoms with Crippen LogP contribution in [0.3, 0.4) is 0 Å². The molecule has 16 heavy (non-hydrogen) atoms. The molecule has 2 heteroatoms. The highest BCUT2D eigenvalue weighted by molar-refractivity contribution is 4.77. The summed E-state index contributed by atoms with van der Waals surface area (Å²) >= 11 is 0. The highest BCUT2D eigenvalue weighted by atomic mass is 16.3. The normalized spacial score (nSPS) is 27.4.